The molecular formula is C11H11ClO5. The quantitative estimate of drug-likeness (QED) is 0.821. The fraction of sp³-hybridized carbons (Fsp3) is 0.364. The van der Waals surface area contributed by atoms with E-state index in [9.17, 15) is 9.90 Å². The molecule has 1 aliphatic rings. The fourth-order valence-electron chi connectivity index (χ4n) is 1.60. The van der Waals surface area contributed by atoms with Crippen molar-refractivity contribution in [3.05, 3.63) is 28.3 Å². The molecule has 1 N–H and O–H groups in total. The molecule has 17 heavy (non-hydrogen) atoms. The summed E-state index contributed by atoms with van der Waals surface area (Å²) in [5.74, 6) is -0.891. The van der Waals surface area contributed by atoms with E-state index in [1.807, 2.05) is 0 Å². The average Bonchev–Trinajstić information content (AvgIpc) is 2.84. The number of hydrogen-bond donors (Lipinski definition) is 1. The molecule has 0 atom stereocenters. The molecule has 0 bridgehead atoms. The molecule has 1 aromatic carbocycles. The Morgan fingerprint density at radius 2 is 2.12 bits per heavy atom. The number of rotatable bonds is 2. The van der Waals surface area contributed by atoms with Crippen molar-refractivity contribution < 1.29 is 24.1 Å². The highest BCUT2D eigenvalue weighted by molar-refractivity contribution is 6.31. The molecule has 2 rings (SSSR count). The summed E-state index contributed by atoms with van der Waals surface area (Å²) in [5.41, 5.74) is 0.324. The number of halogens is 1. The van der Waals surface area contributed by atoms with Gasteiger partial charge < -0.3 is 19.3 Å². The third kappa shape index (κ3) is 2.36. The van der Waals surface area contributed by atoms with E-state index in [1.54, 1.807) is 0 Å². The maximum Gasteiger partial charge on any atom is 0.341 e. The number of esters is 1. The lowest BCUT2D eigenvalue weighted by Gasteiger charge is -2.14. The molecule has 5 nitrogen and oxygen atoms in total. The van der Waals surface area contributed by atoms with Crippen LogP contribution >= 0.6 is 11.6 Å². The summed E-state index contributed by atoms with van der Waals surface area (Å²) in [6, 6.07) is 2.83. The van der Waals surface area contributed by atoms with Gasteiger partial charge in [0.05, 0.1) is 25.9 Å². The minimum atomic E-state index is -0.697. The summed E-state index contributed by atoms with van der Waals surface area (Å²) in [7, 11) is 1.23. The Morgan fingerprint density at radius 3 is 2.71 bits per heavy atom. The van der Waals surface area contributed by atoms with Crippen LogP contribution in [0.3, 0.4) is 0 Å². The van der Waals surface area contributed by atoms with Crippen LogP contribution in [0.4, 0.5) is 0 Å². The summed E-state index contributed by atoms with van der Waals surface area (Å²) >= 11 is 5.87. The van der Waals surface area contributed by atoms with Gasteiger partial charge in [-0.1, -0.05) is 11.6 Å². The summed E-state index contributed by atoms with van der Waals surface area (Å²) in [4.78, 5) is 11.4. The Hall–Kier alpha value is -1.30. The van der Waals surface area contributed by atoms with E-state index >= 15 is 0 Å². The monoisotopic (exact) mass is 258 g/mol. The van der Waals surface area contributed by atoms with Crippen molar-refractivity contribution in [1.29, 1.82) is 0 Å². The van der Waals surface area contributed by atoms with Gasteiger partial charge in [0.15, 0.2) is 6.29 Å². The van der Waals surface area contributed by atoms with Crippen LogP contribution in [0, 0.1) is 0 Å². The Labute approximate surface area is 103 Å². The standard InChI is InChI=1S/C11H11ClO5/c1-15-10(14)7-4-6(12)5-8(9(7)13)11-16-2-3-17-11/h4-5,11,13H,2-3H2,1H3. The first-order chi connectivity index (χ1) is 8.13. The number of phenolic OH excluding ortho intramolecular Hbond substituents is 1. The normalized spacial score (nSPS) is 16.1. The second kappa shape index (κ2) is 4.91. The summed E-state index contributed by atoms with van der Waals surface area (Å²) in [6.07, 6.45) is -0.697. The molecule has 1 saturated heterocycles. The summed E-state index contributed by atoms with van der Waals surface area (Å²) in [6.45, 7) is 0.869. The Balaban J connectivity index is 2.45. The van der Waals surface area contributed by atoms with E-state index in [4.69, 9.17) is 21.1 Å². The van der Waals surface area contributed by atoms with Crippen molar-refractivity contribution in [3.63, 3.8) is 0 Å². The SMILES string of the molecule is COC(=O)c1cc(Cl)cc(C2OCCO2)c1O. The van der Waals surface area contributed by atoms with Crippen molar-refractivity contribution in [3.8, 4) is 5.75 Å². The maximum absolute atomic E-state index is 11.4. The predicted octanol–water partition coefficient (Wildman–Crippen LogP) is 1.88. The zero-order chi connectivity index (χ0) is 12.4. The topological polar surface area (TPSA) is 65.0 Å². The van der Waals surface area contributed by atoms with E-state index in [2.05, 4.69) is 4.74 Å². The molecule has 0 radical (unpaired) electrons. The Kier molecular flexibility index (Phi) is 3.51. The van der Waals surface area contributed by atoms with Gasteiger partial charge in [0.25, 0.3) is 0 Å². The second-order valence-electron chi connectivity index (χ2n) is 3.46. The third-order valence-electron chi connectivity index (χ3n) is 2.39. The van der Waals surface area contributed by atoms with Gasteiger partial charge in [-0.05, 0) is 12.1 Å². The van der Waals surface area contributed by atoms with Crippen molar-refractivity contribution in [2.45, 2.75) is 6.29 Å². The molecule has 0 unspecified atom stereocenters. The minimum absolute atomic E-state index is 0.00546. The molecule has 6 heteroatoms. The number of ether oxygens (including phenoxy) is 3. The van der Waals surface area contributed by atoms with Crippen LogP contribution in [0.25, 0.3) is 0 Å². The van der Waals surface area contributed by atoms with Gasteiger partial charge in [-0.2, -0.15) is 0 Å². The van der Waals surface area contributed by atoms with Gasteiger partial charge in [0, 0.05) is 5.02 Å². The first-order valence-electron chi connectivity index (χ1n) is 4.97. The van der Waals surface area contributed by atoms with Crippen molar-refractivity contribution in [1.82, 2.24) is 0 Å². The summed E-state index contributed by atoms with van der Waals surface area (Å²) in [5, 5.41) is 10.3. The van der Waals surface area contributed by atoms with E-state index in [1.165, 1.54) is 19.2 Å². The van der Waals surface area contributed by atoms with Crippen LogP contribution in [-0.2, 0) is 14.2 Å². The molecule has 92 valence electrons. The molecule has 1 aliphatic heterocycles. The largest absolute Gasteiger partial charge is 0.507 e. The van der Waals surface area contributed by atoms with Crippen molar-refractivity contribution >= 4 is 17.6 Å². The van der Waals surface area contributed by atoms with Gasteiger partial charge in [-0.3, -0.25) is 0 Å². The summed E-state index contributed by atoms with van der Waals surface area (Å²) < 4.78 is 15.1. The molecule has 0 aliphatic carbocycles. The van der Waals surface area contributed by atoms with Crippen molar-refractivity contribution in [2.24, 2.45) is 0 Å². The Morgan fingerprint density at radius 1 is 1.47 bits per heavy atom. The van der Waals surface area contributed by atoms with E-state index in [0.717, 1.165) is 0 Å². The highest BCUT2D eigenvalue weighted by atomic mass is 35.5. The van der Waals surface area contributed by atoms with Crippen LogP contribution in [0.15, 0.2) is 12.1 Å². The van der Waals surface area contributed by atoms with Gasteiger partial charge in [-0.25, -0.2) is 4.79 Å². The highest BCUT2D eigenvalue weighted by Crippen LogP contribution is 2.35. The molecular weight excluding hydrogens is 248 g/mol. The number of phenols is 1. The van der Waals surface area contributed by atoms with Crippen LogP contribution in [0.5, 0.6) is 5.75 Å². The molecule has 0 saturated carbocycles. The van der Waals surface area contributed by atoms with E-state index < -0.39 is 12.3 Å². The van der Waals surface area contributed by atoms with Crippen LogP contribution < -0.4 is 0 Å². The lowest BCUT2D eigenvalue weighted by atomic mass is 10.1. The lowest BCUT2D eigenvalue weighted by Crippen LogP contribution is -2.06. The molecule has 0 spiro atoms. The number of hydrogen-bond acceptors (Lipinski definition) is 5. The van der Waals surface area contributed by atoms with Gasteiger partial charge in [0.1, 0.15) is 11.3 Å². The smallest absolute Gasteiger partial charge is 0.341 e. The van der Waals surface area contributed by atoms with Gasteiger partial charge in [-0.15, -0.1) is 0 Å². The highest BCUT2D eigenvalue weighted by Gasteiger charge is 2.26. The molecule has 1 fully saturated rings. The number of carbonyl (C=O) groups excluding carboxylic acids is 1. The van der Waals surface area contributed by atoms with Crippen LogP contribution in [0.2, 0.25) is 5.02 Å². The zero-order valence-corrected chi connectivity index (χ0v) is 9.86. The van der Waals surface area contributed by atoms with E-state index in [0.29, 0.717) is 23.8 Å². The van der Waals surface area contributed by atoms with E-state index in [-0.39, 0.29) is 11.3 Å². The minimum Gasteiger partial charge on any atom is -0.507 e. The first kappa shape index (κ1) is 12.2. The molecule has 0 aromatic heterocycles. The van der Waals surface area contributed by atoms with Crippen LogP contribution in [0.1, 0.15) is 22.2 Å². The average molecular weight is 259 g/mol. The predicted molar refractivity (Wildman–Crippen MR) is 59.1 cm³/mol. The zero-order valence-electron chi connectivity index (χ0n) is 9.10. The van der Waals surface area contributed by atoms with Crippen LogP contribution in [-0.4, -0.2) is 31.4 Å². The fourth-order valence-corrected chi connectivity index (χ4v) is 1.83. The van der Waals surface area contributed by atoms with Gasteiger partial charge >= 0.3 is 5.97 Å². The Bertz CT molecular complexity index is 440. The number of benzene rings is 1. The third-order valence-corrected chi connectivity index (χ3v) is 2.60. The van der Waals surface area contributed by atoms with Gasteiger partial charge in [0.2, 0.25) is 0 Å². The first-order valence-corrected chi connectivity index (χ1v) is 5.35. The second-order valence-corrected chi connectivity index (χ2v) is 3.89. The molecule has 0 amide bonds. The number of methoxy groups -OCH3 is 1. The maximum atomic E-state index is 11.4. The molecule has 1 heterocycles. The number of aromatic hydroxyl groups is 1. The number of carbonyl (C=O) groups is 1. The lowest BCUT2D eigenvalue weighted by molar-refractivity contribution is -0.0455. The van der Waals surface area contributed by atoms with Crippen molar-refractivity contribution in [2.75, 3.05) is 20.3 Å². The molecule has 1 aromatic rings.